The Bertz CT molecular complexity index is 845. The van der Waals surface area contributed by atoms with E-state index in [9.17, 15) is 14.9 Å². The minimum Gasteiger partial charge on any atom is -0.350 e. The zero-order valence-corrected chi connectivity index (χ0v) is 14.2. The van der Waals surface area contributed by atoms with Gasteiger partial charge >= 0.3 is 0 Å². The minimum absolute atomic E-state index is 0.0476. The molecule has 0 fully saturated rings. The zero-order chi connectivity index (χ0) is 16.2. The zero-order valence-electron chi connectivity index (χ0n) is 11.7. The van der Waals surface area contributed by atoms with Gasteiger partial charge in [0.1, 0.15) is 0 Å². The Kier molecular flexibility index (Phi) is 4.89. The third-order valence-corrected chi connectivity index (χ3v) is 5.97. The highest BCUT2D eigenvalue weighted by molar-refractivity contribution is 8.01. The summed E-state index contributed by atoms with van der Waals surface area (Å²) in [4.78, 5) is 27.7. The quantitative estimate of drug-likeness (QED) is 0.409. The largest absolute Gasteiger partial charge is 0.350 e. The lowest BCUT2D eigenvalue weighted by Gasteiger charge is -2.01. The average Bonchev–Trinajstić information content (AvgIpc) is 3.18. The Morgan fingerprint density at radius 2 is 2.26 bits per heavy atom. The number of benzene rings is 1. The number of nitrogens with one attached hydrogen (secondary N) is 1. The molecule has 6 nitrogen and oxygen atoms in total. The van der Waals surface area contributed by atoms with E-state index in [1.165, 1.54) is 35.2 Å². The number of nitrogens with zero attached hydrogens (tertiary/aromatic N) is 2. The molecule has 0 atom stereocenters. The van der Waals surface area contributed by atoms with Crippen LogP contribution < -0.4 is 5.32 Å². The summed E-state index contributed by atoms with van der Waals surface area (Å²) in [6.45, 7) is 0.531. The van der Waals surface area contributed by atoms with Crippen molar-refractivity contribution in [3.63, 3.8) is 0 Å². The highest BCUT2D eigenvalue weighted by Crippen LogP contribution is 2.31. The van der Waals surface area contributed by atoms with Crippen molar-refractivity contribution in [1.29, 1.82) is 0 Å². The van der Waals surface area contributed by atoms with E-state index in [-0.39, 0.29) is 17.3 Å². The molecule has 0 aliphatic heterocycles. The summed E-state index contributed by atoms with van der Waals surface area (Å²) in [7, 11) is 0. The van der Waals surface area contributed by atoms with Gasteiger partial charge in [0.05, 0.1) is 27.4 Å². The molecule has 9 heteroatoms. The SMILES string of the molecule is O=C(CSc1nc2ccc([N+](=O)[O-])cc2s1)NCc1cccs1. The molecule has 0 bridgehead atoms. The molecular formula is C14H11N3O3S3. The van der Waals surface area contributed by atoms with Gasteiger partial charge in [0, 0.05) is 17.0 Å². The van der Waals surface area contributed by atoms with E-state index in [1.807, 2.05) is 17.5 Å². The Morgan fingerprint density at radius 3 is 3.00 bits per heavy atom. The Morgan fingerprint density at radius 1 is 1.39 bits per heavy atom. The number of nitro benzene ring substituents is 1. The second-order valence-corrected chi connectivity index (χ2v) is 7.82. The predicted octanol–water partition coefficient (Wildman–Crippen LogP) is 3.67. The van der Waals surface area contributed by atoms with E-state index < -0.39 is 4.92 Å². The lowest BCUT2D eigenvalue weighted by molar-refractivity contribution is -0.384. The minimum atomic E-state index is -0.427. The molecule has 0 unspecified atom stereocenters. The van der Waals surface area contributed by atoms with E-state index in [0.29, 0.717) is 12.1 Å². The Hall–Kier alpha value is -1.97. The van der Waals surface area contributed by atoms with Crippen LogP contribution in [-0.4, -0.2) is 21.6 Å². The van der Waals surface area contributed by atoms with Crippen molar-refractivity contribution in [2.45, 2.75) is 10.9 Å². The standard InChI is InChI=1S/C14H11N3O3S3/c18-13(15-7-10-2-1-5-21-10)8-22-14-16-11-4-3-9(17(19)20)6-12(11)23-14/h1-6H,7-8H2,(H,15,18). The first-order valence-electron chi connectivity index (χ1n) is 6.59. The lowest BCUT2D eigenvalue weighted by atomic mass is 10.3. The molecule has 118 valence electrons. The van der Waals surface area contributed by atoms with Crippen LogP contribution in [0.5, 0.6) is 0 Å². The third kappa shape index (κ3) is 4.06. The van der Waals surface area contributed by atoms with E-state index in [0.717, 1.165) is 13.9 Å². The van der Waals surface area contributed by atoms with Gasteiger partial charge in [-0.25, -0.2) is 4.98 Å². The summed E-state index contributed by atoms with van der Waals surface area (Å²) < 4.78 is 1.48. The summed E-state index contributed by atoms with van der Waals surface area (Å²) in [6, 6.07) is 8.49. The van der Waals surface area contributed by atoms with Crippen LogP contribution in [0.4, 0.5) is 5.69 Å². The topological polar surface area (TPSA) is 85.1 Å². The van der Waals surface area contributed by atoms with Crippen LogP contribution in [0.3, 0.4) is 0 Å². The number of thiophene rings is 1. The van der Waals surface area contributed by atoms with Gasteiger partial charge < -0.3 is 5.32 Å². The maximum atomic E-state index is 11.8. The van der Waals surface area contributed by atoms with Gasteiger partial charge in [-0.3, -0.25) is 14.9 Å². The van der Waals surface area contributed by atoms with Crippen molar-refractivity contribution >= 4 is 56.2 Å². The number of fused-ring (bicyclic) bond motifs is 1. The fourth-order valence-corrected chi connectivity index (χ4v) is 4.42. The molecule has 1 aromatic carbocycles. The van der Waals surface area contributed by atoms with E-state index in [1.54, 1.807) is 17.4 Å². The number of carbonyl (C=O) groups is 1. The number of non-ortho nitro benzene ring substituents is 1. The molecular weight excluding hydrogens is 354 g/mol. The first kappa shape index (κ1) is 15.9. The number of thioether (sulfide) groups is 1. The smallest absolute Gasteiger partial charge is 0.270 e. The fourth-order valence-electron chi connectivity index (χ4n) is 1.84. The molecule has 2 aromatic heterocycles. The van der Waals surface area contributed by atoms with Gasteiger partial charge in [-0.1, -0.05) is 17.8 Å². The molecule has 3 aromatic rings. The van der Waals surface area contributed by atoms with Crippen LogP contribution in [0.2, 0.25) is 0 Å². The van der Waals surface area contributed by atoms with Crippen LogP contribution in [0, 0.1) is 10.1 Å². The highest BCUT2D eigenvalue weighted by Gasteiger charge is 2.11. The molecule has 0 saturated carbocycles. The van der Waals surface area contributed by atoms with Crippen LogP contribution in [0.1, 0.15) is 4.88 Å². The first-order chi connectivity index (χ1) is 11.1. The summed E-state index contributed by atoms with van der Waals surface area (Å²) >= 11 is 4.29. The molecule has 1 N–H and O–H groups in total. The second kappa shape index (κ2) is 7.07. The molecule has 0 spiro atoms. The first-order valence-corrected chi connectivity index (χ1v) is 9.27. The maximum absolute atomic E-state index is 11.8. The number of aromatic nitrogens is 1. The third-order valence-electron chi connectivity index (χ3n) is 2.93. The molecule has 23 heavy (non-hydrogen) atoms. The van der Waals surface area contributed by atoms with Gasteiger partial charge in [-0.05, 0) is 17.5 Å². The van der Waals surface area contributed by atoms with Gasteiger partial charge in [-0.15, -0.1) is 22.7 Å². The van der Waals surface area contributed by atoms with Crippen molar-refractivity contribution in [2.24, 2.45) is 0 Å². The Balaban J connectivity index is 1.58. The van der Waals surface area contributed by atoms with Crippen LogP contribution in [-0.2, 0) is 11.3 Å². The molecule has 0 radical (unpaired) electrons. The number of amides is 1. The molecule has 2 heterocycles. The highest BCUT2D eigenvalue weighted by atomic mass is 32.2. The molecule has 0 saturated heterocycles. The van der Waals surface area contributed by atoms with Crippen LogP contribution in [0.15, 0.2) is 40.1 Å². The monoisotopic (exact) mass is 365 g/mol. The second-order valence-electron chi connectivity index (χ2n) is 4.53. The van der Waals surface area contributed by atoms with Crippen molar-refractivity contribution in [3.8, 4) is 0 Å². The van der Waals surface area contributed by atoms with E-state index in [4.69, 9.17) is 0 Å². The molecule has 0 aliphatic rings. The lowest BCUT2D eigenvalue weighted by Crippen LogP contribution is -2.24. The number of hydrogen-bond acceptors (Lipinski definition) is 7. The number of nitro groups is 1. The van der Waals surface area contributed by atoms with E-state index in [2.05, 4.69) is 10.3 Å². The fraction of sp³-hybridized carbons (Fsp3) is 0.143. The number of hydrogen-bond donors (Lipinski definition) is 1. The van der Waals surface area contributed by atoms with Gasteiger partial charge in [0.2, 0.25) is 5.91 Å². The molecule has 0 aliphatic carbocycles. The molecule has 3 rings (SSSR count). The summed E-state index contributed by atoms with van der Waals surface area (Å²) in [5.41, 5.74) is 0.758. The summed E-state index contributed by atoms with van der Waals surface area (Å²) in [5, 5.41) is 15.6. The van der Waals surface area contributed by atoms with Crippen molar-refractivity contribution in [1.82, 2.24) is 10.3 Å². The van der Waals surface area contributed by atoms with Crippen molar-refractivity contribution < 1.29 is 9.72 Å². The van der Waals surface area contributed by atoms with Crippen LogP contribution >= 0.6 is 34.4 Å². The summed E-state index contributed by atoms with van der Waals surface area (Å²) in [6.07, 6.45) is 0. The molecule has 1 amide bonds. The van der Waals surface area contributed by atoms with Gasteiger partial charge in [-0.2, -0.15) is 0 Å². The van der Waals surface area contributed by atoms with Crippen molar-refractivity contribution in [3.05, 3.63) is 50.7 Å². The number of rotatable bonds is 6. The van der Waals surface area contributed by atoms with Crippen molar-refractivity contribution in [2.75, 3.05) is 5.75 Å². The van der Waals surface area contributed by atoms with Gasteiger partial charge in [0.25, 0.3) is 5.69 Å². The number of thiazole rings is 1. The average molecular weight is 365 g/mol. The van der Waals surface area contributed by atoms with E-state index >= 15 is 0 Å². The number of carbonyl (C=O) groups excluding carboxylic acids is 1. The Labute approximate surface area is 143 Å². The van der Waals surface area contributed by atoms with Crippen LogP contribution in [0.25, 0.3) is 10.2 Å². The summed E-state index contributed by atoms with van der Waals surface area (Å²) in [5.74, 6) is 0.210. The van der Waals surface area contributed by atoms with Gasteiger partial charge in [0.15, 0.2) is 4.34 Å². The normalized spacial score (nSPS) is 10.8. The maximum Gasteiger partial charge on any atom is 0.270 e. The predicted molar refractivity (Wildman–Crippen MR) is 93.2 cm³/mol.